The molecule has 16 heavy (non-hydrogen) atoms. The Balaban J connectivity index is 2.20. The monoisotopic (exact) mass is 209 g/mol. The summed E-state index contributed by atoms with van der Waals surface area (Å²) in [5, 5.41) is 13.9. The smallest absolute Gasteiger partial charge is 0.219 e. The first-order valence-electron chi connectivity index (χ1n) is 5.31. The van der Waals surface area contributed by atoms with E-state index in [2.05, 4.69) is 0 Å². The molecule has 0 aromatic heterocycles. The summed E-state index contributed by atoms with van der Waals surface area (Å²) in [5.74, 6) is 0. The van der Waals surface area contributed by atoms with Crippen molar-refractivity contribution in [1.29, 1.82) is 0 Å². The van der Waals surface area contributed by atoms with Gasteiger partial charge in [0.2, 0.25) is 11.4 Å². The van der Waals surface area contributed by atoms with Crippen LogP contribution in [-0.2, 0) is 0 Å². The maximum Gasteiger partial charge on any atom is 0.219 e. The Labute approximate surface area is 93.4 Å². The normalized spacial score (nSPS) is 18.0. The van der Waals surface area contributed by atoms with Crippen LogP contribution in [0, 0.1) is 5.21 Å². The number of rotatable bonds is 1. The van der Waals surface area contributed by atoms with Gasteiger partial charge < -0.3 is 5.21 Å². The van der Waals surface area contributed by atoms with Gasteiger partial charge in [0, 0.05) is 22.9 Å². The molecule has 2 aromatic rings. The molecule has 2 heteroatoms. The van der Waals surface area contributed by atoms with Crippen molar-refractivity contribution in [2.75, 3.05) is 0 Å². The quantitative estimate of drug-likeness (QED) is 0.512. The first kappa shape index (κ1) is 9.16. The van der Waals surface area contributed by atoms with Crippen molar-refractivity contribution in [3.8, 4) is 0 Å². The van der Waals surface area contributed by atoms with E-state index in [-0.39, 0.29) is 6.04 Å². The minimum absolute atomic E-state index is 0.182. The zero-order chi connectivity index (χ0) is 11.0. The van der Waals surface area contributed by atoms with Crippen LogP contribution in [0.15, 0.2) is 54.6 Å². The number of fused-ring (bicyclic) bond motifs is 1. The van der Waals surface area contributed by atoms with Crippen LogP contribution < -0.4 is 15.3 Å². The van der Waals surface area contributed by atoms with Crippen LogP contribution in [0.25, 0.3) is 6.08 Å². The summed E-state index contributed by atoms with van der Waals surface area (Å²) in [6.07, 6.45) is 2.01. The van der Waals surface area contributed by atoms with Gasteiger partial charge in [0.25, 0.3) is 0 Å². The molecule has 1 aliphatic heterocycles. The molecule has 1 aliphatic rings. The molecule has 0 amide bonds. The number of hydroxylamine groups is 1. The molecular weight excluding hydrogens is 198 g/mol. The Kier molecular flexibility index (Phi) is 2.00. The molecule has 0 aliphatic carbocycles. The lowest BCUT2D eigenvalue weighted by atomic mass is 10.1. The second kappa shape index (κ2) is 3.49. The summed E-state index contributed by atoms with van der Waals surface area (Å²) < 4.78 is 1.07. The summed E-state index contributed by atoms with van der Waals surface area (Å²) in [7, 11) is 0. The van der Waals surface area contributed by atoms with E-state index in [0.717, 1.165) is 20.9 Å². The fourth-order valence-electron chi connectivity index (χ4n) is 2.10. The van der Waals surface area contributed by atoms with Crippen molar-refractivity contribution < 1.29 is 0 Å². The van der Waals surface area contributed by atoms with E-state index in [4.69, 9.17) is 0 Å². The predicted octanol–water partition coefficient (Wildman–Crippen LogP) is 1.21. The maximum atomic E-state index is 12.1. The Morgan fingerprint density at radius 2 is 1.56 bits per heavy atom. The van der Waals surface area contributed by atoms with Crippen LogP contribution in [-0.4, -0.2) is 0 Å². The Bertz CT molecular complexity index is 631. The molecule has 0 saturated carbocycles. The minimum Gasteiger partial charge on any atom is -0.623 e. The molecule has 1 unspecified atom stereocenters. The molecule has 78 valence electrons. The van der Waals surface area contributed by atoms with Gasteiger partial charge in [-0.25, -0.2) is 0 Å². The van der Waals surface area contributed by atoms with Gasteiger partial charge in [-0.3, -0.25) is 0 Å². The third kappa shape index (κ3) is 1.31. The Morgan fingerprint density at radius 1 is 0.875 bits per heavy atom. The standard InChI is InChI=1S/C14H11NO/c16-15-13-9-5-4-8-12(13)10-14(15)11-6-2-1-3-7-11/h1-10,14H. The fraction of sp³-hybridized carbons (Fsp3) is 0.0714. The van der Waals surface area contributed by atoms with Gasteiger partial charge in [0.1, 0.15) is 0 Å². The van der Waals surface area contributed by atoms with Crippen molar-refractivity contribution in [3.05, 3.63) is 75.9 Å². The number of para-hydroxylation sites is 1. The second-order valence-corrected chi connectivity index (χ2v) is 3.91. The van der Waals surface area contributed by atoms with Gasteiger partial charge in [0.05, 0.1) is 0 Å². The number of benzene rings is 2. The van der Waals surface area contributed by atoms with Crippen molar-refractivity contribution in [2.24, 2.45) is 0 Å². The van der Waals surface area contributed by atoms with Crippen LogP contribution in [0.1, 0.15) is 11.6 Å². The van der Waals surface area contributed by atoms with Crippen molar-refractivity contribution in [2.45, 2.75) is 6.04 Å². The highest BCUT2D eigenvalue weighted by Crippen LogP contribution is 2.17. The van der Waals surface area contributed by atoms with Crippen LogP contribution in [0.2, 0.25) is 0 Å². The molecule has 3 rings (SSSR count). The van der Waals surface area contributed by atoms with Crippen molar-refractivity contribution in [1.82, 2.24) is 4.74 Å². The van der Waals surface area contributed by atoms with Crippen LogP contribution >= 0.6 is 0 Å². The summed E-state index contributed by atoms with van der Waals surface area (Å²) in [5.41, 5.74) is 1.04. The van der Waals surface area contributed by atoms with Gasteiger partial charge in [-0.05, 0) is 6.07 Å². The van der Waals surface area contributed by atoms with E-state index in [9.17, 15) is 5.21 Å². The van der Waals surface area contributed by atoms with Gasteiger partial charge >= 0.3 is 0 Å². The molecule has 0 radical (unpaired) electrons. The minimum atomic E-state index is -0.182. The maximum absolute atomic E-state index is 12.1. The molecule has 0 saturated heterocycles. The first-order valence-corrected chi connectivity index (χ1v) is 5.31. The van der Waals surface area contributed by atoms with Gasteiger partial charge in [0.15, 0.2) is 0 Å². The highest BCUT2D eigenvalue weighted by Gasteiger charge is 2.21. The number of hydrogen-bond acceptors (Lipinski definition) is 1. The van der Waals surface area contributed by atoms with Crippen molar-refractivity contribution >= 4 is 6.08 Å². The lowest BCUT2D eigenvalue weighted by molar-refractivity contribution is 0.682. The fourth-order valence-corrected chi connectivity index (χ4v) is 2.10. The van der Waals surface area contributed by atoms with E-state index in [1.165, 1.54) is 0 Å². The van der Waals surface area contributed by atoms with Crippen LogP contribution in [0.4, 0.5) is 0 Å². The molecular formula is C14H11NO. The lowest BCUT2D eigenvalue weighted by Gasteiger charge is -2.09. The number of nitrogens with zero attached hydrogens (tertiary/aromatic N) is 1. The Morgan fingerprint density at radius 3 is 2.31 bits per heavy atom. The van der Waals surface area contributed by atoms with E-state index >= 15 is 0 Å². The SMILES string of the molecule is [O-][N+]1=c2ccccc2=CC1c1ccccc1. The molecule has 1 heterocycles. The highest BCUT2D eigenvalue weighted by atomic mass is 16.5. The largest absolute Gasteiger partial charge is 0.623 e. The summed E-state index contributed by atoms with van der Waals surface area (Å²) in [6, 6.07) is 17.3. The van der Waals surface area contributed by atoms with E-state index in [1.54, 1.807) is 0 Å². The third-order valence-electron chi connectivity index (χ3n) is 2.91. The van der Waals surface area contributed by atoms with Gasteiger partial charge in [-0.2, -0.15) is 4.74 Å². The lowest BCUT2D eigenvalue weighted by Crippen LogP contribution is -2.30. The predicted molar refractivity (Wildman–Crippen MR) is 63.9 cm³/mol. The molecule has 1 atom stereocenters. The first-order chi connectivity index (χ1) is 7.86. The van der Waals surface area contributed by atoms with Gasteiger partial charge in [-0.15, -0.1) is 0 Å². The Hall–Kier alpha value is -2.09. The second-order valence-electron chi connectivity index (χ2n) is 3.91. The topological polar surface area (TPSA) is 26.1 Å². The summed E-state index contributed by atoms with van der Waals surface area (Å²) in [4.78, 5) is 0. The van der Waals surface area contributed by atoms with Crippen LogP contribution in [0.3, 0.4) is 0 Å². The molecule has 0 bridgehead atoms. The molecule has 0 fully saturated rings. The molecule has 0 N–H and O–H groups in total. The van der Waals surface area contributed by atoms with Crippen molar-refractivity contribution in [3.63, 3.8) is 0 Å². The van der Waals surface area contributed by atoms with E-state index in [1.807, 2.05) is 60.7 Å². The summed E-state index contributed by atoms with van der Waals surface area (Å²) >= 11 is 0. The van der Waals surface area contributed by atoms with Gasteiger partial charge in [-0.1, -0.05) is 42.5 Å². The van der Waals surface area contributed by atoms with E-state index < -0.39 is 0 Å². The molecule has 0 spiro atoms. The van der Waals surface area contributed by atoms with Crippen LogP contribution in [0.5, 0.6) is 0 Å². The molecule has 2 aromatic carbocycles. The zero-order valence-corrected chi connectivity index (χ0v) is 8.71. The highest BCUT2D eigenvalue weighted by molar-refractivity contribution is 5.42. The zero-order valence-electron chi connectivity index (χ0n) is 8.71. The van der Waals surface area contributed by atoms with E-state index in [0.29, 0.717) is 0 Å². The molecule has 2 nitrogen and oxygen atoms in total. The number of hydrogen-bond donors (Lipinski definition) is 0. The summed E-state index contributed by atoms with van der Waals surface area (Å²) in [6.45, 7) is 0. The average molecular weight is 209 g/mol. The average Bonchev–Trinajstić information content (AvgIpc) is 2.69. The third-order valence-corrected chi connectivity index (χ3v) is 2.91.